The van der Waals surface area contributed by atoms with Gasteiger partial charge < -0.3 is 14.4 Å². The average Bonchev–Trinajstić information content (AvgIpc) is 2.93. The largest absolute Gasteiger partial charge is 0.458 e. The van der Waals surface area contributed by atoms with Gasteiger partial charge in [-0.2, -0.15) is 0 Å². The lowest BCUT2D eigenvalue weighted by Crippen LogP contribution is -2.46. The first-order valence-electron chi connectivity index (χ1n) is 11.9. The standard InChI is InChI=1S/C27H38N2O3S2/c1-7-8-14-27(5)19-29(21-12-10-9-11-13-21)22-16-23(33-6)20(15-24(22)34-28-27)17-31-18-25(30)32-26(2,3)4/h9-13,15-16,28H,7-8,14,17-19H2,1-6H3. The van der Waals surface area contributed by atoms with Crippen LogP contribution in [-0.2, 0) is 20.9 Å². The van der Waals surface area contributed by atoms with Gasteiger partial charge in [0.25, 0.3) is 0 Å². The van der Waals surface area contributed by atoms with Crippen molar-refractivity contribution < 1.29 is 14.3 Å². The van der Waals surface area contributed by atoms with Crippen LogP contribution in [0.15, 0.2) is 52.3 Å². The molecular weight excluding hydrogens is 464 g/mol. The Morgan fingerprint density at radius 2 is 1.97 bits per heavy atom. The molecule has 1 aliphatic heterocycles. The molecule has 1 unspecified atom stereocenters. The minimum Gasteiger partial charge on any atom is -0.458 e. The lowest BCUT2D eigenvalue weighted by atomic mass is 9.95. The van der Waals surface area contributed by atoms with Crippen LogP contribution < -0.4 is 9.62 Å². The van der Waals surface area contributed by atoms with Crippen LogP contribution in [0.5, 0.6) is 0 Å². The molecule has 0 amide bonds. The van der Waals surface area contributed by atoms with Crippen molar-refractivity contribution in [3.05, 3.63) is 48.0 Å². The van der Waals surface area contributed by atoms with Crippen molar-refractivity contribution in [2.24, 2.45) is 0 Å². The van der Waals surface area contributed by atoms with Gasteiger partial charge in [0.2, 0.25) is 0 Å². The molecule has 0 radical (unpaired) electrons. The Kier molecular flexibility index (Phi) is 9.38. The predicted molar refractivity (Wildman–Crippen MR) is 144 cm³/mol. The summed E-state index contributed by atoms with van der Waals surface area (Å²) in [5.74, 6) is -0.342. The topological polar surface area (TPSA) is 50.8 Å². The zero-order valence-electron chi connectivity index (χ0n) is 21.3. The smallest absolute Gasteiger partial charge is 0.332 e. The van der Waals surface area contributed by atoms with Crippen LogP contribution in [0.25, 0.3) is 0 Å². The van der Waals surface area contributed by atoms with Crippen LogP contribution >= 0.6 is 23.7 Å². The van der Waals surface area contributed by atoms with E-state index in [1.807, 2.05) is 20.8 Å². The van der Waals surface area contributed by atoms with Gasteiger partial charge >= 0.3 is 5.97 Å². The van der Waals surface area contributed by atoms with Gasteiger partial charge in [0.15, 0.2) is 0 Å². The molecule has 7 heteroatoms. The van der Waals surface area contributed by atoms with E-state index in [2.05, 4.69) is 72.2 Å². The van der Waals surface area contributed by atoms with E-state index >= 15 is 0 Å². The highest BCUT2D eigenvalue weighted by molar-refractivity contribution is 7.98. The molecule has 0 bridgehead atoms. The zero-order valence-corrected chi connectivity index (χ0v) is 22.9. The van der Waals surface area contributed by atoms with Crippen molar-refractivity contribution >= 4 is 41.1 Å². The van der Waals surface area contributed by atoms with Crippen LogP contribution in [0.4, 0.5) is 11.4 Å². The molecule has 0 fully saturated rings. The molecule has 3 rings (SSSR count). The Bertz CT molecular complexity index is 962. The number of nitrogens with one attached hydrogen (secondary N) is 1. The highest BCUT2D eigenvalue weighted by Gasteiger charge is 2.32. The molecule has 2 aromatic carbocycles. The Balaban J connectivity index is 1.88. The second-order valence-electron chi connectivity index (χ2n) is 10.0. The van der Waals surface area contributed by atoms with Gasteiger partial charge in [0.05, 0.1) is 12.3 Å². The number of fused-ring (bicyclic) bond motifs is 1. The van der Waals surface area contributed by atoms with Gasteiger partial charge in [-0.1, -0.05) is 38.0 Å². The van der Waals surface area contributed by atoms with Gasteiger partial charge in [-0.3, -0.25) is 4.72 Å². The van der Waals surface area contributed by atoms with Crippen LogP contribution in [0, 0.1) is 0 Å². The van der Waals surface area contributed by atoms with Crippen molar-refractivity contribution in [2.45, 2.75) is 81.4 Å². The number of esters is 1. The Hall–Kier alpha value is -1.67. The molecule has 1 N–H and O–H groups in total. The molecule has 0 aliphatic carbocycles. The first-order valence-corrected chi connectivity index (χ1v) is 14.0. The summed E-state index contributed by atoms with van der Waals surface area (Å²) in [4.78, 5) is 16.8. The number of rotatable bonds is 9. The quantitative estimate of drug-likeness (QED) is 0.226. The van der Waals surface area contributed by atoms with Gasteiger partial charge in [-0.05, 0) is 82.1 Å². The predicted octanol–water partition coefficient (Wildman–Crippen LogP) is 6.96. The minimum atomic E-state index is -0.511. The molecule has 0 saturated heterocycles. The third-order valence-corrected chi connectivity index (χ3v) is 7.58. The average molecular weight is 503 g/mol. The number of benzene rings is 2. The minimum absolute atomic E-state index is 0.0254. The summed E-state index contributed by atoms with van der Waals surface area (Å²) in [6.07, 6.45) is 5.55. The molecule has 186 valence electrons. The molecule has 0 saturated carbocycles. The first kappa shape index (κ1) is 26.9. The summed E-state index contributed by atoms with van der Waals surface area (Å²) < 4.78 is 14.9. The monoisotopic (exact) mass is 502 g/mol. The summed E-state index contributed by atoms with van der Waals surface area (Å²) in [5.41, 5.74) is 2.93. The number of para-hydroxylation sites is 1. The zero-order chi connectivity index (χ0) is 24.8. The number of carbonyl (C=O) groups is 1. The summed E-state index contributed by atoms with van der Waals surface area (Å²) in [6, 6.07) is 15.1. The van der Waals surface area contributed by atoms with E-state index < -0.39 is 5.60 Å². The van der Waals surface area contributed by atoms with E-state index in [1.54, 1.807) is 23.7 Å². The highest BCUT2D eigenvalue weighted by atomic mass is 32.2. The fourth-order valence-electron chi connectivity index (χ4n) is 3.98. The molecule has 1 aliphatic rings. The normalized spacial score (nSPS) is 18.4. The number of anilines is 2. The van der Waals surface area contributed by atoms with Crippen molar-refractivity contribution in [1.82, 2.24) is 4.72 Å². The Morgan fingerprint density at radius 1 is 1.24 bits per heavy atom. The van der Waals surface area contributed by atoms with Crippen molar-refractivity contribution in [1.29, 1.82) is 0 Å². The third-order valence-electron chi connectivity index (χ3n) is 5.61. The number of nitrogens with zero attached hydrogens (tertiary/aromatic N) is 1. The van der Waals surface area contributed by atoms with E-state index in [9.17, 15) is 4.79 Å². The Labute approximate surface area is 213 Å². The van der Waals surface area contributed by atoms with E-state index in [4.69, 9.17) is 9.47 Å². The molecule has 2 aromatic rings. The molecular formula is C27H38N2O3S2. The van der Waals surface area contributed by atoms with Crippen LogP contribution in [0.2, 0.25) is 0 Å². The van der Waals surface area contributed by atoms with Gasteiger partial charge in [-0.25, -0.2) is 4.79 Å². The summed E-state index contributed by atoms with van der Waals surface area (Å²) in [5, 5.41) is 0. The van der Waals surface area contributed by atoms with Crippen LogP contribution in [-0.4, -0.2) is 36.5 Å². The maximum atomic E-state index is 12.1. The van der Waals surface area contributed by atoms with Crippen molar-refractivity contribution in [3.8, 4) is 0 Å². The van der Waals surface area contributed by atoms with E-state index in [0.717, 1.165) is 28.3 Å². The van der Waals surface area contributed by atoms with Crippen LogP contribution in [0.3, 0.4) is 0 Å². The molecule has 0 aromatic heterocycles. The van der Waals surface area contributed by atoms with Crippen molar-refractivity contribution in [2.75, 3.05) is 24.3 Å². The lowest BCUT2D eigenvalue weighted by Gasteiger charge is -2.34. The van der Waals surface area contributed by atoms with Gasteiger partial charge in [-0.15, -0.1) is 11.8 Å². The lowest BCUT2D eigenvalue weighted by molar-refractivity contribution is -0.160. The number of unbranched alkanes of at least 4 members (excludes halogenated alkanes) is 1. The fraction of sp³-hybridized carbons (Fsp3) is 0.519. The van der Waals surface area contributed by atoms with Gasteiger partial charge in [0, 0.05) is 27.6 Å². The SMILES string of the molecule is CCCCC1(C)CN(c2ccccc2)c2cc(SC)c(COCC(=O)OC(C)(C)C)cc2SN1. The number of hydrogen-bond acceptors (Lipinski definition) is 7. The number of carbonyl (C=O) groups excluding carboxylic acids is 1. The number of thioether (sulfide) groups is 1. The van der Waals surface area contributed by atoms with Crippen LogP contribution in [0.1, 0.15) is 59.4 Å². The highest BCUT2D eigenvalue weighted by Crippen LogP contribution is 2.43. The van der Waals surface area contributed by atoms with Gasteiger partial charge in [0.1, 0.15) is 12.2 Å². The molecule has 1 atom stereocenters. The third kappa shape index (κ3) is 7.41. The van der Waals surface area contributed by atoms with E-state index in [-0.39, 0.29) is 18.1 Å². The molecule has 0 spiro atoms. The summed E-state index contributed by atoms with van der Waals surface area (Å²) in [7, 11) is 0. The maximum absolute atomic E-state index is 12.1. The van der Waals surface area contributed by atoms with Crippen molar-refractivity contribution in [3.63, 3.8) is 0 Å². The second-order valence-corrected chi connectivity index (χ2v) is 11.7. The molecule has 5 nitrogen and oxygen atoms in total. The second kappa shape index (κ2) is 11.8. The molecule has 1 heterocycles. The number of hydrogen-bond donors (Lipinski definition) is 1. The number of ether oxygens (including phenoxy) is 2. The maximum Gasteiger partial charge on any atom is 0.332 e. The first-order chi connectivity index (χ1) is 16.1. The Morgan fingerprint density at radius 3 is 2.62 bits per heavy atom. The molecule has 34 heavy (non-hydrogen) atoms. The van der Waals surface area contributed by atoms with E-state index in [0.29, 0.717) is 6.61 Å². The van der Waals surface area contributed by atoms with E-state index in [1.165, 1.54) is 24.2 Å². The fourth-order valence-corrected chi connectivity index (χ4v) is 5.59. The summed E-state index contributed by atoms with van der Waals surface area (Å²) >= 11 is 3.40. The summed E-state index contributed by atoms with van der Waals surface area (Å²) in [6.45, 7) is 11.3.